The first kappa shape index (κ1) is 25.7. The third kappa shape index (κ3) is 5.07. The Morgan fingerprint density at radius 2 is 1.79 bits per heavy atom. The van der Waals surface area contributed by atoms with E-state index >= 15 is 0 Å². The molecule has 194 valence electrons. The molecule has 4 aromatic rings. The molecule has 2 N–H and O–H groups in total. The molecule has 7 heteroatoms. The van der Waals surface area contributed by atoms with E-state index in [1.54, 1.807) is 0 Å². The quantitative estimate of drug-likeness (QED) is 0.286. The summed E-state index contributed by atoms with van der Waals surface area (Å²) in [6.07, 6.45) is 2.13. The van der Waals surface area contributed by atoms with Gasteiger partial charge in [0, 0.05) is 41.9 Å². The zero-order chi connectivity index (χ0) is 26.8. The first-order valence-electron chi connectivity index (χ1n) is 12.9. The molecular weight excluding hydrogens is 490 g/mol. The van der Waals surface area contributed by atoms with E-state index < -0.39 is 0 Å². The van der Waals surface area contributed by atoms with Crippen LogP contribution in [-0.4, -0.2) is 32.0 Å². The monoisotopic (exact) mass is 523 g/mol. The summed E-state index contributed by atoms with van der Waals surface area (Å²) in [7, 11) is 0. The predicted molar refractivity (Wildman–Crippen MR) is 157 cm³/mol. The second-order valence-electron chi connectivity index (χ2n) is 9.94. The smallest absolute Gasteiger partial charge is 0.226 e. The molecule has 0 unspecified atom stereocenters. The lowest BCUT2D eigenvalue weighted by Crippen LogP contribution is -2.32. The number of aryl methyl sites for hydroxylation is 3. The Hall–Kier alpha value is -3.97. The third-order valence-corrected chi connectivity index (χ3v) is 7.58. The summed E-state index contributed by atoms with van der Waals surface area (Å²) in [4.78, 5) is 19.7. The molecule has 2 aromatic carbocycles. The maximum absolute atomic E-state index is 12.9. The molecule has 6 nitrogen and oxygen atoms in total. The minimum Gasteiger partial charge on any atom is -0.352 e. The van der Waals surface area contributed by atoms with Gasteiger partial charge in [-0.2, -0.15) is 0 Å². The van der Waals surface area contributed by atoms with E-state index in [0.29, 0.717) is 18.1 Å². The van der Waals surface area contributed by atoms with Crippen molar-refractivity contribution >= 4 is 28.9 Å². The highest BCUT2D eigenvalue weighted by Gasteiger charge is 2.41. The van der Waals surface area contributed by atoms with E-state index in [2.05, 4.69) is 76.2 Å². The van der Waals surface area contributed by atoms with Crippen LogP contribution in [0.5, 0.6) is 0 Å². The molecule has 1 amide bonds. The standard InChI is InChI=1S/C31H33N5OS/c1-20-10-9-12-24(18-20)33-28(37)15-17-35-30(29(34-31(35)38)26-13-7-8-16-32-26)25-19-22(3)36(23(25)4)27-14-6-5-11-21(27)2/h5-14,16,18-19,29-30H,15,17H2,1-4H3,(H,33,37)(H,34,38)/t29-,30+/m0/s1. The summed E-state index contributed by atoms with van der Waals surface area (Å²) < 4.78 is 2.31. The molecule has 1 fully saturated rings. The SMILES string of the molecule is Cc1cccc(NC(=O)CCN2C(=S)N[C@@H](c3ccccn3)[C@H]2c2cc(C)n(-c3ccccc3C)c2C)c1. The van der Waals surface area contributed by atoms with Crippen LogP contribution in [0.25, 0.3) is 5.69 Å². The number of benzene rings is 2. The maximum Gasteiger partial charge on any atom is 0.226 e. The fourth-order valence-electron chi connectivity index (χ4n) is 5.43. The van der Waals surface area contributed by atoms with Gasteiger partial charge in [-0.05, 0) is 93.0 Å². The highest BCUT2D eigenvalue weighted by molar-refractivity contribution is 7.80. The lowest BCUT2D eigenvalue weighted by Gasteiger charge is -2.28. The average Bonchev–Trinajstić information content (AvgIpc) is 3.38. The van der Waals surface area contributed by atoms with Crippen molar-refractivity contribution in [1.29, 1.82) is 0 Å². The van der Waals surface area contributed by atoms with E-state index in [0.717, 1.165) is 28.3 Å². The van der Waals surface area contributed by atoms with Crippen LogP contribution < -0.4 is 10.6 Å². The Morgan fingerprint density at radius 1 is 1.00 bits per heavy atom. The van der Waals surface area contributed by atoms with Crippen molar-refractivity contribution in [2.45, 2.75) is 46.2 Å². The predicted octanol–water partition coefficient (Wildman–Crippen LogP) is 6.11. The number of amides is 1. The van der Waals surface area contributed by atoms with Gasteiger partial charge >= 0.3 is 0 Å². The molecule has 1 aliphatic rings. The minimum absolute atomic E-state index is 0.0381. The second-order valence-corrected chi connectivity index (χ2v) is 10.3. The van der Waals surface area contributed by atoms with Crippen LogP contribution in [0.4, 0.5) is 5.69 Å². The highest BCUT2D eigenvalue weighted by Crippen LogP contribution is 2.41. The van der Waals surface area contributed by atoms with Gasteiger partial charge in [-0.1, -0.05) is 36.4 Å². The van der Waals surface area contributed by atoms with Crippen molar-refractivity contribution in [2.24, 2.45) is 0 Å². The number of carbonyl (C=O) groups excluding carboxylic acids is 1. The number of pyridine rings is 1. The molecule has 5 rings (SSSR count). The summed E-state index contributed by atoms with van der Waals surface area (Å²) in [5.74, 6) is -0.0381. The third-order valence-electron chi connectivity index (χ3n) is 7.22. The molecule has 38 heavy (non-hydrogen) atoms. The molecule has 0 aliphatic carbocycles. The number of para-hydroxylation sites is 1. The van der Waals surface area contributed by atoms with Crippen molar-refractivity contribution in [2.75, 3.05) is 11.9 Å². The lowest BCUT2D eigenvalue weighted by atomic mass is 9.96. The van der Waals surface area contributed by atoms with Gasteiger partial charge in [-0.3, -0.25) is 9.78 Å². The summed E-state index contributed by atoms with van der Waals surface area (Å²) in [5, 5.41) is 7.17. The maximum atomic E-state index is 12.9. The largest absolute Gasteiger partial charge is 0.352 e. The second kappa shape index (κ2) is 10.8. The molecule has 0 spiro atoms. The Balaban J connectivity index is 1.48. The number of thiocarbonyl (C=S) groups is 1. The molecule has 3 heterocycles. The Morgan fingerprint density at radius 3 is 2.53 bits per heavy atom. The molecule has 0 saturated carbocycles. The molecule has 2 atom stereocenters. The topological polar surface area (TPSA) is 62.2 Å². The number of nitrogens with one attached hydrogen (secondary N) is 2. The molecular formula is C31H33N5OS. The number of rotatable bonds is 7. The van der Waals surface area contributed by atoms with Crippen LogP contribution in [0, 0.1) is 27.7 Å². The van der Waals surface area contributed by atoms with E-state index in [1.165, 1.54) is 16.8 Å². The van der Waals surface area contributed by atoms with E-state index in [-0.39, 0.29) is 18.0 Å². The minimum atomic E-state index is -0.130. The van der Waals surface area contributed by atoms with E-state index in [1.807, 2.05) is 55.6 Å². The van der Waals surface area contributed by atoms with Crippen LogP contribution in [0.1, 0.15) is 52.3 Å². The number of nitrogens with zero attached hydrogens (tertiary/aromatic N) is 3. The van der Waals surface area contributed by atoms with Crippen molar-refractivity contribution < 1.29 is 4.79 Å². The molecule has 1 aliphatic heterocycles. The molecule has 2 aromatic heterocycles. The fraction of sp³-hybridized carbons (Fsp3) is 0.258. The van der Waals surface area contributed by atoms with Gasteiger partial charge in [0.1, 0.15) is 0 Å². The van der Waals surface area contributed by atoms with Crippen molar-refractivity contribution in [3.63, 3.8) is 0 Å². The number of hydrogen-bond acceptors (Lipinski definition) is 3. The van der Waals surface area contributed by atoms with Crippen LogP contribution in [0.2, 0.25) is 0 Å². The summed E-state index contributed by atoms with van der Waals surface area (Å²) in [6, 6.07) is 24.2. The van der Waals surface area contributed by atoms with Crippen LogP contribution in [-0.2, 0) is 4.79 Å². The summed E-state index contributed by atoms with van der Waals surface area (Å²) in [5.41, 5.74) is 8.70. The Kier molecular flexibility index (Phi) is 7.29. The normalized spacial score (nSPS) is 16.9. The number of anilines is 1. The van der Waals surface area contributed by atoms with Gasteiger partial charge < -0.3 is 20.1 Å². The highest BCUT2D eigenvalue weighted by atomic mass is 32.1. The number of aromatic nitrogens is 2. The lowest BCUT2D eigenvalue weighted by molar-refractivity contribution is -0.116. The van der Waals surface area contributed by atoms with Gasteiger partial charge in [0.05, 0.1) is 17.8 Å². The number of carbonyl (C=O) groups is 1. The van der Waals surface area contributed by atoms with Gasteiger partial charge in [-0.25, -0.2) is 0 Å². The van der Waals surface area contributed by atoms with E-state index in [4.69, 9.17) is 12.2 Å². The van der Waals surface area contributed by atoms with Gasteiger partial charge in [-0.15, -0.1) is 0 Å². The average molecular weight is 524 g/mol. The zero-order valence-corrected chi connectivity index (χ0v) is 23.0. The zero-order valence-electron chi connectivity index (χ0n) is 22.2. The molecule has 0 radical (unpaired) electrons. The number of hydrogen-bond donors (Lipinski definition) is 2. The fourth-order valence-corrected chi connectivity index (χ4v) is 5.76. The van der Waals surface area contributed by atoms with Crippen LogP contribution in [0.15, 0.2) is 79.0 Å². The van der Waals surface area contributed by atoms with Crippen LogP contribution in [0.3, 0.4) is 0 Å². The first-order valence-corrected chi connectivity index (χ1v) is 13.3. The molecule has 1 saturated heterocycles. The van der Waals surface area contributed by atoms with Gasteiger partial charge in [0.25, 0.3) is 0 Å². The van der Waals surface area contributed by atoms with E-state index in [9.17, 15) is 4.79 Å². The van der Waals surface area contributed by atoms with Crippen molar-refractivity contribution in [3.05, 3.63) is 113 Å². The Bertz CT molecular complexity index is 1480. The van der Waals surface area contributed by atoms with Crippen molar-refractivity contribution in [3.8, 4) is 5.69 Å². The van der Waals surface area contributed by atoms with Crippen molar-refractivity contribution in [1.82, 2.24) is 19.8 Å². The summed E-state index contributed by atoms with van der Waals surface area (Å²) >= 11 is 5.84. The molecule has 0 bridgehead atoms. The van der Waals surface area contributed by atoms with Gasteiger partial charge in [0.15, 0.2) is 5.11 Å². The van der Waals surface area contributed by atoms with Crippen LogP contribution >= 0.6 is 12.2 Å². The Labute approximate surface area is 229 Å². The summed E-state index contributed by atoms with van der Waals surface area (Å²) in [6.45, 7) is 8.94. The first-order chi connectivity index (χ1) is 18.3. The van der Waals surface area contributed by atoms with Gasteiger partial charge in [0.2, 0.25) is 5.91 Å².